The van der Waals surface area contributed by atoms with Gasteiger partial charge in [-0.3, -0.25) is 4.99 Å². The third-order valence-corrected chi connectivity index (χ3v) is 4.95. The maximum Gasteiger partial charge on any atom is 0.191 e. The summed E-state index contributed by atoms with van der Waals surface area (Å²) in [6.45, 7) is 8.88. The Kier molecular flexibility index (Phi) is 6.51. The first kappa shape index (κ1) is 16.3. The predicted octanol–water partition coefficient (Wildman–Crippen LogP) is 2.53. The molecule has 4 nitrogen and oxygen atoms in total. The van der Waals surface area contributed by atoms with Crippen molar-refractivity contribution in [2.24, 2.45) is 10.9 Å². The van der Waals surface area contributed by atoms with Crippen LogP contribution in [0.2, 0.25) is 0 Å². The maximum absolute atomic E-state index is 4.31. The van der Waals surface area contributed by atoms with Gasteiger partial charge in [-0.2, -0.15) is 0 Å². The highest BCUT2D eigenvalue weighted by Crippen LogP contribution is 2.17. The number of guanidine groups is 1. The molecule has 2 rings (SSSR count). The monoisotopic (exact) mass is 308 g/mol. The van der Waals surface area contributed by atoms with Crippen molar-refractivity contribution >= 4 is 17.3 Å². The molecular formula is C16H28N4S. The van der Waals surface area contributed by atoms with Crippen LogP contribution >= 0.6 is 11.3 Å². The first-order chi connectivity index (χ1) is 10.2. The van der Waals surface area contributed by atoms with Crippen LogP contribution in [0.25, 0.3) is 0 Å². The Labute approximate surface area is 132 Å². The van der Waals surface area contributed by atoms with E-state index in [0.717, 1.165) is 25.0 Å². The molecule has 0 bridgehead atoms. The van der Waals surface area contributed by atoms with E-state index in [0.29, 0.717) is 6.04 Å². The summed E-state index contributed by atoms with van der Waals surface area (Å²) < 4.78 is 0. The van der Waals surface area contributed by atoms with E-state index in [4.69, 9.17) is 0 Å². The molecule has 2 heterocycles. The fourth-order valence-electron chi connectivity index (χ4n) is 2.78. The Balaban J connectivity index is 1.72. The summed E-state index contributed by atoms with van der Waals surface area (Å²) in [6.07, 6.45) is 2.63. The smallest absolute Gasteiger partial charge is 0.191 e. The van der Waals surface area contributed by atoms with Gasteiger partial charge in [-0.1, -0.05) is 6.07 Å². The number of hydrogen-bond acceptors (Lipinski definition) is 3. The van der Waals surface area contributed by atoms with Crippen LogP contribution in [0, 0.1) is 5.92 Å². The summed E-state index contributed by atoms with van der Waals surface area (Å²) in [5.41, 5.74) is 0. The molecular weight excluding hydrogens is 280 g/mol. The fraction of sp³-hybridized carbons (Fsp3) is 0.688. The number of likely N-dealkylation sites (tertiary alicyclic amines) is 1. The lowest BCUT2D eigenvalue weighted by molar-refractivity contribution is 0.141. The molecule has 0 amide bonds. The van der Waals surface area contributed by atoms with Crippen LogP contribution in [-0.4, -0.2) is 43.6 Å². The minimum absolute atomic E-state index is 0.657. The van der Waals surface area contributed by atoms with E-state index >= 15 is 0 Å². The number of rotatable bonds is 5. The number of nitrogens with zero attached hydrogens (tertiary/aromatic N) is 2. The van der Waals surface area contributed by atoms with E-state index in [1.165, 1.54) is 30.8 Å². The van der Waals surface area contributed by atoms with E-state index in [1.807, 2.05) is 7.05 Å². The molecule has 0 aromatic carbocycles. The lowest BCUT2D eigenvalue weighted by atomic mass is 9.97. The molecule has 1 aliphatic rings. The molecule has 1 saturated heterocycles. The molecule has 21 heavy (non-hydrogen) atoms. The standard InChI is InChI=1S/C16H28N4S/c1-13(2)20-8-4-6-14(12-20)10-18-16(17-3)19-11-15-7-5-9-21-15/h5,7,9,13-14H,4,6,8,10-12H2,1-3H3,(H2,17,18,19). The SMILES string of the molecule is CN=C(NCc1cccs1)NCC1CCCN(C(C)C)C1. The summed E-state index contributed by atoms with van der Waals surface area (Å²) >= 11 is 1.77. The predicted molar refractivity (Wildman–Crippen MR) is 92.0 cm³/mol. The fourth-order valence-corrected chi connectivity index (χ4v) is 3.42. The largest absolute Gasteiger partial charge is 0.356 e. The summed E-state index contributed by atoms with van der Waals surface area (Å²) in [6, 6.07) is 4.89. The van der Waals surface area contributed by atoms with Crippen LogP contribution < -0.4 is 10.6 Å². The van der Waals surface area contributed by atoms with Crippen LogP contribution in [0.4, 0.5) is 0 Å². The molecule has 0 spiro atoms. The average Bonchev–Trinajstić information content (AvgIpc) is 3.01. The number of piperidine rings is 1. The number of thiophene rings is 1. The van der Waals surface area contributed by atoms with Gasteiger partial charge in [0.05, 0.1) is 6.54 Å². The Morgan fingerprint density at radius 2 is 2.33 bits per heavy atom. The highest BCUT2D eigenvalue weighted by molar-refractivity contribution is 7.09. The minimum atomic E-state index is 0.657. The Morgan fingerprint density at radius 1 is 1.48 bits per heavy atom. The number of nitrogens with one attached hydrogen (secondary N) is 2. The van der Waals surface area contributed by atoms with E-state index < -0.39 is 0 Å². The molecule has 1 unspecified atom stereocenters. The molecule has 1 atom stereocenters. The van der Waals surface area contributed by atoms with E-state index in [1.54, 1.807) is 11.3 Å². The average molecular weight is 308 g/mol. The molecule has 118 valence electrons. The number of aliphatic imine (C=N–C) groups is 1. The summed E-state index contributed by atoms with van der Waals surface area (Å²) in [5.74, 6) is 1.63. The second-order valence-electron chi connectivity index (χ2n) is 5.98. The van der Waals surface area contributed by atoms with Gasteiger partial charge in [0.25, 0.3) is 0 Å². The van der Waals surface area contributed by atoms with Crippen molar-refractivity contribution in [1.82, 2.24) is 15.5 Å². The quantitative estimate of drug-likeness (QED) is 0.649. The highest BCUT2D eigenvalue weighted by Gasteiger charge is 2.21. The molecule has 0 aliphatic carbocycles. The third-order valence-electron chi connectivity index (χ3n) is 4.07. The van der Waals surface area contributed by atoms with Gasteiger partial charge in [-0.15, -0.1) is 11.3 Å². The first-order valence-corrected chi connectivity index (χ1v) is 8.78. The van der Waals surface area contributed by atoms with Crippen molar-refractivity contribution in [2.45, 2.75) is 39.3 Å². The van der Waals surface area contributed by atoms with Crippen molar-refractivity contribution in [2.75, 3.05) is 26.7 Å². The van der Waals surface area contributed by atoms with Crippen LogP contribution in [0.1, 0.15) is 31.6 Å². The molecule has 0 saturated carbocycles. The Hall–Kier alpha value is -1.07. The zero-order valence-corrected chi connectivity index (χ0v) is 14.2. The molecule has 1 aliphatic heterocycles. The molecule has 1 aromatic rings. The summed E-state index contributed by atoms with van der Waals surface area (Å²) in [4.78, 5) is 8.23. The highest BCUT2D eigenvalue weighted by atomic mass is 32.1. The summed E-state index contributed by atoms with van der Waals surface area (Å²) in [7, 11) is 1.84. The minimum Gasteiger partial charge on any atom is -0.356 e. The van der Waals surface area contributed by atoms with Gasteiger partial charge >= 0.3 is 0 Å². The van der Waals surface area contributed by atoms with Crippen LogP contribution in [-0.2, 0) is 6.54 Å². The molecule has 0 radical (unpaired) electrons. The van der Waals surface area contributed by atoms with Crippen molar-refractivity contribution < 1.29 is 0 Å². The van der Waals surface area contributed by atoms with Crippen LogP contribution in [0.15, 0.2) is 22.5 Å². The number of hydrogen-bond donors (Lipinski definition) is 2. The van der Waals surface area contributed by atoms with Gasteiger partial charge in [-0.25, -0.2) is 0 Å². The lowest BCUT2D eigenvalue weighted by Crippen LogP contribution is -2.45. The van der Waals surface area contributed by atoms with Crippen molar-refractivity contribution in [3.8, 4) is 0 Å². The van der Waals surface area contributed by atoms with Gasteiger partial charge in [0.2, 0.25) is 0 Å². The third kappa shape index (κ3) is 5.32. The van der Waals surface area contributed by atoms with Crippen molar-refractivity contribution in [3.05, 3.63) is 22.4 Å². The van der Waals surface area contributed by atoms with Gasteiger partial charge in [0, 0.05) is 31.1 Å². The van der Waals surface area contributed by atoms with Crippen molar-refractivity contribution in [1.29, 1.82) is 0 Å². The Morgan fingerprint density at radius 3 is 3.00 bits per heavy atom. The lowest BCUT2D eigenvalue weighted by Gasteiger charge is -2.35. The van der Waals surface area contributed by atoms with E-state index in [-0.39, 0.29) is 0 Å². The molecule has 5 heteroatoms. The van der Waals surface area contributed by atoms with E-state index in [2.05, 4.69) is 51.9 Å². The van der Waals surface area contributed by atoms with Crippen molar-refractivity contribution in [3.63, 3.8) is 0 Å². The van der Waals surface area contributed by atoms with Gasteiger partial charge < -0.3 is 15.5 Å². The van der Waals surface area contributed by atoms with Gasteiger partial charge in [0.15, 0.2) is 5.96 Å². The van der Waals surface area contributed by atoms with Crippen LogP contribution in [0.5, 0.6) is 0 Å². The van der Waals surface area contributed by atoms with Gasteiger partial charge in [0.1, 0.15) is 0 Å². The Bertz CT molecular complexity index is 427. The maximum atomic E-state index is 4.31. The van der Waals surface area contributed by atoms with Crippen LogP contribution in [0.3, 0.4) is 0 Å². The molecule has 2 N–H and O–H groups in total. The summed E-state index contributed by atoms with van der Waals surface area (Å²) in [5, 5.41) is 8.97. The topological polar surface area (TPSA) is 39.7 Å². The van der Waals surface area contributed by atoms with E-state index in [9.17, 15) is 0 Å². The zero-order valence-electron chi connectivity index (χ0n) is 13.4. The normalized spacial score (nSPS) is 20.8. The van der Waals surface area contributed by atoms with Gasteiger partial charge in [-0.05, 0) is 50.6 Å². The first-order valence-electron chi connectivity index (χ1n) is 7.90. The molecule has 1 aromatic heterocycles. The zero-order chi connectivity index (χ0) is 15.1. The second kappa shape index (κ2) is 8.39. The second-order valence-corrected chi connectivity index (χ2v) is 7.02. The molecule has 1 fully saturated rings.